The third-order valence-electron chi connectivity index (χ3n) is 7.85. The van der Waals surface area contributed by atoms with Crippen molar-refractivity contribution in [2.45, 2.75) is 136 Å². The number of esters is 2. The maximum absolute atomic E-state index is 12.5. The fourth-order valence-corrected chi connectivity index (χ4v) is 5.53. The van der Waals surface area contributed by atoms with Crippen molar-refractivity contribution in [3.63, 3.8) is 0 Å². The Kier molecular flexibility index (Phi) is 39.4. The molecule has 9 nitrogen and oxygen atoms in total. The Morgan fingerprint density at radius 1 is 0.544 bits per heavy atom. The molecule has 57 heavy (non-hydrogen) atoms. The van der Waals surface area contributed by atoms with E-state index in [1.807, 2.05) is 18.2 Å². The summed E-state index contributed by atoms with van der Waals surface area (Å²) in [5.41, 5.74) is 5.33. The van der Waals surface area contributed by atoms with Crippen molar-refractivity contribution in [3.8, 4) is 0 Å². The van der Waals surface area contributed by atoms with Crippen molar-refractivity contribution in [2.75, 3.05) is 26.4 Å². The smallest absolute Gasteiger partial charge is 0.462 e. The number of hydrogen-bond donors (Lipinski definition) is 2. The van der Waals surface area contributed by atoms with Gasteiger partial charge in [0.25, 0.3) is 0 Å². The molecule has 2 unspecified atom stereocenters. The maximum Gasteiger partial charge on any atom is 0.472 e. The highest BCUT2D eigenvalue weighted by atomic mass is 31.2. The van der Waals surface area contributed by atoms with Crippen LogP contribution in [0.15, 0.2) is 122 Å². The molecule has 0 saturated carbocycles. The lowest BCUT2D eigenvalue weighted by Crippen LogP contribution is -2.29. The highest BCUT2D eigenvalue weighted by Crippen LogP contribution is 2.43. The summed E-state index contributed by atoms with van der Waals surface area (Å²) in [6.07, 6.45) is 56.8. The Morgan fingerprint density at radius 3 is 1.44 bits per heavy atom. The normalized spacial score (nSPS) is 14.5. The molecule has 0 aliphatic carbocycles. The molecule has 0 aliphatic heterocycles. The summed E-state index contributed by atoms with van der Waals surface area (Å²) in [6.45, 7) is 3.40. The number of phosphoric ester groups is 1. The van der Waals surface area contributed by atoms with E-state index in [1.54, 1.807) is 0 Å². The molecule has 0 saturated heterocycles. The summed E-state index contributed by atoms with van der Waals surface area (Å²) < 4.78 is 32.6. The van der Waals surface area contributed by atoms with Gasteiger partial charge in [-0.2, -0.15) is 0 Å². The highest BCUT2D eigenvalue weighted by molar-refractivity contribution is 7.47. The second kappa shape index (κ2) is 42.0. The molecular weight excluding hydrogens is 737 g/mol. The van der Waals surface area contributed by atoms with Gasteiger partial charge in [-0.15, -0.1) is 0 Å². The maximum atomic E-state index is 12.5. The third kappa shape index (κ3) is 41.9. The van der Waals surface area contributed by atoms with E-state index in [2.05, 4.69) is 117 Å². The lowest BCUT2D eigenvalue weighted by Gasteiger charge is -2.19. The minimum Gasteiger partial charge on any atom is -0.462 e. The largest absolute Gasteiger partial charge is 0.472 e. The number of phosphoric acid groups is 1. The van der Waals surface area contributed by atoms with Gasteiger partial charge in [-0.3, -0.25) is 18.6 Å². The number of carbonyl (C=O) groups is 2. The Hall–Kier alpha value is -3.59. The van der Waals surface area contributed by atoms with E-state index >= 15 is 0 Å². The van der Waals surface area contributed by atoms with Gasteiger partial charge in [0.2, 0.25) is 0 Å². The van der Waals surface area contributed by atoms with Crippen LogP contribution in [0.2, 0.25) is 0 Å². The Bertz CT molecular complexity index is 1340. The zero-order valence-corrected chi connectivity index (χ0v) is 35.9. The summed E-state index contributed by atoms with van der Waals surface area (Å²) in [6, 6.07) is 0. The zero-order valence-electron chi connectivity index (χ0n) is 35.0. The minimum absolute atomic E-state index is 0.0273. The van der Waals surface area contributed by atoms with Crippen molar-refractivity contribution in [1.29, 1.82) is 0 Å². The third-order valence-corrected chi connectivity index (χ3v) is 8.83. The molecular formula is C47H74NO8P. The zero-order chi connectivity index (χ0) is 41.8. The quantitative estimate of drug-likeness (QED) is 0.0272. The van der Waals surface area contributed by atoms with Crippen molar-refractivity contribution < 1.29 is 37.6 Å². The molecule has 0 spiro atoms. The van der Waals surface area contributed by atoms with E-state index in [4.69, 9.17) is 24.3 Å². The Balaban J connectivity index is 4.43. The van der Waals surface area contributed by atoms with Crippen LogP contribution >= 0.6 is 7.82 Å². The Labute approximate surface area is 345 Å². The standard InChI is InChI=1S/C47H74NO8P/c1-3-5-7-9-11-13-15-17-19-21-22-24-26-28-30-32-34-36-38-40-47(50)56-45(44-55-57(51,52)54-42-41-48)43-53-46(49)39-37-35-33-31-29-27-25-23-20-18-16-14-12-10-8-6-4-2/h6,8,11-14,17-20,22,24-25,27-28,30-31,33-34,36,45H,3-5,7,9-10,15-16,21,23,26,29,32,35,37-44,48H2,1-2H3,(H,51,52). The van der Waals surface area contributed by atoms with Gasteiger partial charge in [-0.25, -0.2) is 4.57 Å². The Morgan fingerprint density at radius 2 is 0.982 bits per heavy atom. The summed E-state index contributed by atoms with van der Waals surface area (Å²) >= 11 is 0. The predicted octanol–water partition coefficient (Wildman–Crippen LogP) is 12.2. The molecule has 0 rings (SSSR count). The average molecular weight is 812 g/mol. The highest BCUT2D eigenvalue weighted by Gasteiger charge is 2.25. The molecule has 0 amide bonds. The van der Waals surface area contributed by atoms with Crippen LogP contribution in [0.25, 0.3) is 0 Å². The van der Waals surface area contributed by atoms with Gasteiger partial charge in [-0.05, 0) is 89.9 Å². The number of carbonyl (C=O) groups excluding carboxylic acids is 2. The van der Waals surface area contributed by atoms with Gasteiger partial charge in [0.15, 0.2) is 6.10 Å². The minimum atomic E-state index is -4.42. The van der Waals surface area contributed by atoms with Crippen LogP contribution in [-0.4, -0.2) is 49.3 Å². The van der Waals surface area contributed by atoms with E-state index in [0.29, 0.717) is 19.3 Å². The van der Waals surface area contributed by atoms with Crippen LogP contribution in [0.3, 0.4) is 0 Å². The number of rotatable bonds is 37. The summed E-state index contributed by atoms with van der Waals surface area (Å²) in [4.78, 5) is 34.8. The first-order valence-corrected chi connectivity index (χ1v) is 22.5. The van der Waals surface area contributed by atoms with Crippen molar-refractivity contribution >= 4 is 19.8 Å². The lowest BCUT2D eigenvalue weighted by molar-refractivity contribution is -0.161. The first-order chi connectivity index (χ1) is 27.8. The van der Waals surface area contributed by atoms with Crippen LogP contribution in [0.5, 0.6) is 0 Å². The van der Waals surface area contributed by atoms with Crippen LogP contribution in [-0.2, 0) is 32.7 Å². The van der Waals surface area contributed by atoms with Gasteiger partial charge in [0, 0.05) is 19.4 Å². The molecule has 3 N–H and O–H groups in total. The van der Waals surface area contributed by atoms with E-state index < -0.39 is 32.5 Å². The number of nitrogens with two attached hydrogens (primary N) is 1. The van der Waals surface area contributed by atoms with Gasteiger partial charge in [0.1, 0.15) is 6.61 Å². The van der Waals surface area contributed by atoms with Crippen LogP contribution in [0.1, 0.15) is 129 Å². The molecule has 0 radical (unpaired) electrons. The van der Waals surface area contributed by atoms with Crippen molar-refractivity contribution in [1.82, 2.24) is 0 Å². The predicted molar refractivity (Wildman–Crippen MR) is 237 cm³/mol. The van der Waals surface area contributed by atoms with Gasteiger partial charge in [0.05, 0.1) is 13.2 Å². The van der Waals surface area contributed by atoms with Gasteiger partial charge in [-0.1, -0.05) is 148 Å². The van der Waals surface area contributed by atoms with Crippen LogP contribution < -0.4 is 5.73 Å². The fourth-order valence-electron chi connectivity index (χ4n) is 4.77. The SMILES string of the molecule is CCC=CCC=CCC=CCC=CCC=CCCCC(=O)OCC(COP(=O)(O)OCCN)OC(=O)CCC=CCC=CCC=CCC=CCC=CCCCCC. The molecule has 0 fully saturated rings. The number of hydrogen-bond acceptors (Lipinski definition) is 8. The molecule has 320 valence electrons. The topological polar surface area (TPSA) is 134 Å². The van der Waals surface area contributed by atoms with Crippen molar-refractivity contribution in [2.24, 2.45) is 5.73 Å². The number of allylic oxidation sites excluding steroid dienone is 20. The molecule has 0 aromatic heterocycles. The van der Waals surface area contributed by atoms with Gasteiger partial charge < -0.3 is 20.1 Å². The number of unbranched alkanes of at least 4 members (excludes halogenated alkanes) is 4. The summed E-state index contributed by atoms with van der Waals surface area (Å²) in [7, 11) is -4.42. The van der Waals surface area contributed by atoms with E-state index in [9.17, 15) is 19.0 Å². The molecule has 0 aliphatic rings. The molecule has 0 bridgehead atoms. The molecule has 10 heteroatoms. The second-order valence-corrected chi connectivity index (χ2v) is 14.6. The number of ether oxygens (including phenoxy) is 2. The molecule has 0 heterocycles. The lowest BCUT2D eigenvalue weighted by atomic mass is 10.2. The second-order valence-electron chi connectivity index (χ2n) is 13.1. The first-order valence-electron chi connectivity index (χ1n) is 21.0. The average Bonchev–Trinajstić information content (AvgIpc) is 3.20. The molecule has 0 aromatic carbocycles. The van der Waals surface area contributed by atoms with E-state index in [0.717, 1.165) is 57.8 Å². The van der Waals surface area contributed by atoms with E-state index in [-0.39, 0.29) is 32.6 Å². The van der Waals surface area contributed by atoms with E-state index in [1.165, 1.54) is 25.7 Å². The summed E-state index contributed by atoms with van der Waals surface area (Å²) in [5, 5.41) is 0. The molecule has 2 atom stereocenters. The molecule has 0 aromatic rings. The first kappa shape index (κ1) is 53.4. The van der Waals surface area contributed by atoms with Crippen LogP contribution in [0.4, 0.5) is 0 Å². The van der Waals surface area contributed by atoms with Gasteiger partial charge >= 0.3 is 19.8 Å². The summed E-state index contributed by atoms with van der Waals surface area (Å²) in [5.74, 6) is -1.01. The monoisotopic (exact) mass is 812 g/mol. The van der Waals surface area contributed by atoms with Crippen molar-refractivity contribution in [3.05, 3.63) is 122 Å². The van der Waals surface area contributed by atoms with Crippen LogP contribution in [0, 0.1) is 0 Å². The fraction of sp³-hybridized carbons (Fsp3) is 0.532.